The van der Waals surface area contributed by atoms with Crippen molar-refractivity contribution in [3.63, 3.8) is 0 Å². The summed E-state index contributed by atoms with van der Waals surface area (Å²) in [5.74, 6) is 0.867. The van der Waals surface area contributed by atoms with E-state index in [4.69, 9.17) is 9.47 Å². The van der Waals surface area contributed by atoms with Gasteiger partial charge < -0.3 is 9.47 Å². The quantitative estimate of drug-likeness (QED) is 0.767. The van der Waals surface area contributed by atoms with Crippen molar-refractivity contribution in [2.45, 2.75) is 10.9 Å². The molecule has 0 aliphatic heterocycles. The third-order valence-corrected chi connectivity index (χ3v) is 3.74. The summed E-state index contributed by atoms with van der Waals surface area (Å²) >= 11 is 3.63. The molecule has 0 fully saturated rings. The molecular weight excluding hydrogens is 256 g/mol. The minimum atomic E-state index is -0.386. The van der Waals surface area contributed by atoms with Crippen molar-refractivity contribution in [3.05, 3.63) is 35.4 Å². The van der Waals surface area contributed by atoms with E-state index in [0.29, 0.717) is 0 Å². The maximum Gasteiger partial charge on any atom is 0.151 e. The SMILES string of the molecule is COc1ccc2c(c1)C=CCC2(Br)OC. The number of hydrogen-bond donors (Lipinski definition) is 0. The largest absolute Gasteiger partial charge is 0.497 e. The minimum Gasteiger partial charge on any atom is -0.497 e. The smallest absolute Gasteiger partial charge is 0.151 e. The van der Waals surface area contributed by atoms with Crippen molar-refractivity contribution < 1.29 is 9.47 Å². The van der Waals surface area contributed by atoms with Crippen LogP contribution in [-0.4, -0.2) is 14.2 Å². The van der Waals surface area contributed by atoms with Gasteiger partial charge in [0.05, 0.1) is 7.11 Å². The molecule has 80 valence electrons. The summed E-state index contributed by atoms with van der Waals surface area (Å²) in [5.41, 5.74) is 2.28. The summed E-state index contributed by atoms with van der Waals surface area (Å²) in [6, 6.07) is 6.00. The number of alkyl halides is 1. The monoisotopic (exact) mass is 268 g/mol. The molecule has 0 N–H and O–H groups in total. The van der Waals surface area contributed by atoms with Crippen LogP contribution in [0.4, 0.5) is 0 Å². The highest BCUT2D eigenvalue weighted by molar-refractivity contribution is 9.09. The molecule has 2 rings (SSSR count). The normalized spacial score (nSPS) is 23.7. The Labute approximate surface area is 98.0 Å². The van der Waals surface area contributed by atoms with Gasteiger partial charge in [-0.05, 0) is 33.6 Å². The molecule has 0 saturated heterocycles. The van der Waals surface area contributed by atoms with Gasteiger partial charge in [-0.25, -0.2) is 0 Å². The van der Waals surface area contributed by atoms with Crippen LogP contribution in [0.5, 0.6) is 5.75 Å². The van der Waals surface area contributed by atoms with E-state index in [0.717, 1.165) is 23.3 Å². The average molecular weight is 269 g/mol. The summed E-state index contributed by atoms with van der Waals surface area (Å²) in [6.45, 7) is 0. The lowest BCUT2D eigenvalue weighted by Gasteiger charge is -2.29. The molecule has 0 radical (unpaired) electrons. The van der Waals surface area contributed by atoms with Gasteiger partial charge in [0.25, 0.3) is 0 Å². The molecule has 0 bridgehead atoms. The number of fused-ring (bicyclic) bond motifs is 1. The van der Waals surface area contributed by atoms with Crippen LogP contribution in [0.25, 0.3) is 6.08 Å². The number of rotatable bonds is 2. The highest BCUT2D eigenvalue weighted by atomic mass is 79.9. The molecule has 1 unspecified atom stereocenters. The molecule has 1 aromatic carbocycles. The van der Waals surface area contributed by atoms with E-state index in [-0.39, 0.29) is 4.51 Å². The third-order valence-electron chi connectivity index (χ3n) is 2.66. The molecule has 1 atom stereocenters. The van der Waals surface area contributed by atoms with Crippen LogP contribution in [0, 0.1) is 0 Å². The average Bonchev–Trinajstić information content (AvgIpc) is 2.29. The minimum absolute atomic E-state index is 0.386. The Balaban J connectivity index is 2.51. The first-order valence-corrected chi connectivity index (χ1v) is 5.58. The topological polar surface area (TPSA) is 18.5 Å². The first-order chi connectivity index (χ1) is 7.19. The lowest BCUT2D eigenvalue weighted by molar-refractivity contribution is 0.0776. The molecule has 2 nitrogen and oxygen atoms in total. The second-order valence-electron chi connectivity index (χ2n) is 3.49. The zero-order chi connectivity index (χ0) is 10.9. The molecule has 1 aromatic rings. The second kappa shape index (κ2) is 3.99. The van der Waals surface area contributed by atoms with Crippen LogP contribution in [0.3, 0.4) is 0 Å². The van der Waals surface area contributed by atoms with Crippen molar-refractivity contribution in [1.29, 1.82) is 0 Å². The Morgan fingerprint density at radius 3 is 2.80 bits per heavy atom. The zero-order valence-corrected chi connectivity index (χ0v) is 10.4. The fourth-order valence-electron chi connectivity index (χ4n) is 1.79. The van der Waals surface area contributed by atoms with E-state index in [1.807, 2.05) is 18.2 Å². The van der Waals surface area contributed by atoms with Gasteiger partial charge in [-0.2, -0.15) is 0 Å². The van der Waals surface area contributed by atoms with Crippen LogP contribution < -0.4 is 4.74 Å². The molecule has 1 aliphatic rings. The number of benzene rings is 1. The fraction of sp³-hybridized carbons (Fsp3) is 0.333. The van der Waals surface area contributed by atoms with Crippen LogP contribution in [0.15, 0.2) is 24.3 Å². The predicted octanol–water partition coefficient (Wildman–Crippen LogP) is 3.31. The van der Waals surface area contributed by atoms with Crippen LogP contribution in [-0.2, 0) is 9.25 Å². The van der Waals surface area contributed by atoms with Crippen LogP contribution >= 0.6 is 15.9 Å². The van der Waals surface area contributed by atoms with E-state index < -0.39 is 0 Å². The molecule has 0 heterocycles. The summed E-state index contributed by atoms with van der Waals surface area (Å²) in [4.78, 5) is 0. The van der Waals surface area contributed by atoms with Gasteiger partial charge in [0.15, 0.2) is 4.51 Å². The standard InChI is InChI=1S/C12H13BrO2/c1-14-10-5-6-11-9(8-10)4-3-7-12(11,13)15-2/h3-6,8H,7H2,1-2H3. The van der Waals surface area contributed by atoms with Gasteiger partial charge in [-0.1, -0.05) is 18.2 Å². The van der Waals surface area contributed by atoms with Crippen molar-refractivity contribution in [3.8, 4) is 5.75 Å². The third kappa shape index (κ3) is 1.82. The number of methoxy groups -OCH3 is 2. The van der Waals surface area contributed by atoms with E-state index >= 15 is 0 Å². The summed E-state index contributed by atoms with van der Waals surface area (Å²) < 4.78 is 10.3. The van der Waals surface area contributed by atoms with Gasteiger partial charge >= 0.3 is 0 Å². The Bertz CT molecular complexity index is 401. The molecule has 0 saturated carbocycles. The molecule has 0 amide bonds. The van der Waals surface area contributed by atoms with E-state index in [1.54, 1.807) is 14.2 Å². The van der Waals surface area contributed by atoms with Crippen molar-refractivity contribution in [2.75, 3.05) is 14.2 Å². The zero-order valence-electron chi connectivity index (χ0n) is 8.79. The van der Waals surface area contributed by atoms with Crippen molar-refractivity contribution in [1.82, 2.24) is 0 Å². The molecule has 3 heteroatoms. The van der Waals surface area contributed by atoms with Crippen molar-refractivity contribution in [2.24, 2.45) is 0 Å². The molecule has 1 aliphatic carbocycles. The summed E-state index contributed by atoms with van der Waals surface area (Å²) in [7, 11) is 3.38. The number of hydrogen-bond acceptors (Lipinski definition) is 2. The second-order valence-corrected chi connectivity index (χ2v) is 4.77. The maximum atomic E-state index is 5.50. The number of ether oxygens (including phenoxy) is 2. The molecule has 0 spiro atoms. The highest BCUT2D eigenvalue weighted by Crippen LogP contribution is 2.42. The van der Waals surface area contributed by atoms with Gasteiger partial charge in [0, 0.05) is 19.1 Å². The highest BCUT2D eigenvalue weighted by Gasteiger charge is 2.31. The Hall–Kier alpha value is -0.800. The predicted molar refractivity (Wildman–Crippen MR) is 64.3 cm³/mol. The fourth-order valence-corrected chi connectivity index (χ4v) is 2.33. The number of halogens is 1. The maximum absolute atomic E-state index is 5.50. The van der Waals surface area contributed by atoms with E-state index in [2.05, 4.69) is 28.1 Å². The Kier molecular flexibility index (Phi) is 2.85. The summed E-state index contributed by atoms with van der Waals surface area (Å²) in [5, 5.41) is 0. The Morgan fingerprint density at radius 2 is 2.13 bits per heavy atom. The van der Waals surface area contributed by atoms with E-state index in [1.165, 1.54) is 0 Å². The lowest BCUT2D eigenvalue weighted by atomic mass is 9.94. The van der Waals surface area contributed by atoms with Gasteiger partial charge in [-0.3, -0.25) is 0 Å². The van der Waals surface area contributed by atoms with Gasteiger partial charge in [0.2, 0.25) is 0 Å². The Morgan fingerprint density at radius 1 is 1.33 bits per heavy atom. The first-order valence-electron chi connectivity index (χ1n) is 4.79. The summed E-state index contributed by atoms with van der Waals surface area (Å²) in [6.07, 6.45) is 5.03. The van der Waals surface area contributed by atoms with E-state index in [9.17, 15) is 0 Å². The molecule has 0 aromatic heterocycles. The van der Waals surface area contributed by atoms with Crippen molar-refractivity contribution >= 4 is 22.0 Å². The van der Waals surface area contributed by atoms with Crippen LogP contribution in [0.2, 0.25) is 0 Å². The molecule has 15 heavy (non-hydrogen) atoms. The first kappa shape index (κ1) is 10.7. The molecular formula is C12H13BrO2. The lowest BCUT2D eigenvalue weighted by Crippen LogP contribution is -2.22. The van der Waals surface area contributed by atoms with Crippen LogP contribution in [0.1, 0.15) is 17.5 Å². The van der Waals surface area contributed by atoms with Gasteiger partial charge in [0.1, 0.15) is 5.75 Å². The van der Waals surface area contributed by atoms with Gasteiger partial charge in [-0.15, -0.1) is 0 Å².